The number of hydrogen-bond acceptors (Lipinski definition) is 2. The quantitative estimate of drug-likeness (QED) is 0.800. The standard InChI is InChI=1S/C14H22FNO/c1-10(2)11(3)8-16-9-14(17)12-5-4-6-13(15)7-12/h4-7,10-11,14,16-17H,8-9H2,1-3H3. The zero-order chi connectivity index (χ0) is 12.8. The fourth-order valence-corrected chi connectivity index (χ4v) is 1.52. The van der Waals surface area contributed by atoms with E-state index in [4.69, 9.17) is 0 Å². The van der Waals surface area contributed by atoms with Crippen molar-refractivity contribution in [3.63, 3.8) is 0 Å². The molecule has 0 saturated heterocycles. The zero-order valence-electron chi connectivity index (χ0n) is 10.8. The minimum Gasteiger partial charge on any atom is -0.387 e. The smallest absolute Gasteiger partial charge is 0.123 e. The minimum atomic E-state index is -0.648. The van der Waals surface area contributed by atoms with Crippen LogP contribution >= 0.6 is 0 Å². The second kappa shape index (κ2) is 6.72. The normalized spacial score (nSPS) is 14.9. The zero-order valence-corrected chi connectivity index (χ0v) is 10.8. The monoisotopic (exact) mass is 239 g/mol. The predicted octanol–water partition coefficient (Wildman–Crippen LogP) is 2.74. The molecule has 0 bridgehead atoms. The lowest BCUT2D eigenvalue weighted by Gasteiger charge is -2.18. The van der Waals surface area contributed by atoms with Crippen LogP contribution in [-0.2, 0) is 0 Å². The summed E-state index contributed by atoms with van der Waals surface area (Å²) < 4.78 is 13.0. The van der Waals surface area contributed by atoms with Gasteiger partial charge in [0, 0.05) is 6.54 Å². The van der Waals surface area contributed by atoms with Crippen LogP contribution in [-0.4, -0.2) is 18.2 Å². The number of hydrogen-bond donors (Lipinski definition) is 2. The van der Waals surface area contributed by atoms with E-state index in [9.17, 15) is 9.50 Å². The molecule has 0 fully saturated rings. The molecule has 0 aliphatic carbocycles. The maximum atomic E-state index is 13.0. The molecule has 1 rings (SSSR count). The molecule has 2 nitrogen and oxygen atoms in total. The summed E-state index contributed by atoms with van der Waals surface area (Å²) in [4.78, 5) is 0. The topological polar surface area (TPSA) is 32.3 Å². The van der Waals surface area contributed by atoms with Crippen LogP contribution in [0.1, 0.15) is 32.4 Å². The highest BCUT2D eigenvalue weighted by atomic mass is 19.1. The van der Waals surface area contributed by atoms with Crippen LogP contribution in [0.3, 0.4) is 0 Å². The summed E-state index contributed by atoms with van der Waals surface area (Å²) in [7, 11) is 0. The third kappa shape index (κ3) is 4.84. The molecule has 0 heterocycles. The number of benzene rings is 1. The number of aliphatic hydroxyl groups is 1. The minimum absolute atomic E-state index is 0.308. The Morgan fingerprint density at radius 2 is 1.94 bits per heavy atom. The molecule has 0 aliphatic heterocycles. The summed E-state index contributed by atoms with van der Waals surface area (Å²) in [6.07, 6.45) is -0.648. The number of halogens is 1. The van der Waals surface area contributed by atoms with E-state index in [0.717, 1.165) is 6.54 Å². The van der Waals surface area contributed by atoms with Crippen molar-refractivity contribution in [1.82, 2.24) is 5.32 Å². The van der Waals surface area contributed by atoms with Gasteiger partial charge in [-0.3, -0.25) is 0 Å². The molecule has 2 unspecified atom stereocenters. The Kier molecular flexibility index (Phi) is 5.59. The van der Waals surface area contributed by atoms with Crippen molar-refractivity contribution in [3.8, 4) is 0 Å². The molecule has 0 spiro atoms. The average molecular weight is 239 g/mol. The lowest BCUT2D eigenvalue weighted by molar-refractivity contribution is 0.171. The van der Waals surface area contributed by atoms with Crippen LogP contribution in [0.5, 0.6) is 0 Å². The van der Waals surface area contributed by atoms with Crippen LogP contribution < -0.4 is 5.32 Å². The SMILES string of the molecule is CC(C)C(C)CNCC(O)c1cccc(F)c1. The van der Waals surface area contributed by atoms with Gasteiger partial charge >= 0.3 is 0 Å². The summed E-state index contributed by atoms with van der Waals surface area (Å²) in [6, 6.07) is 6.11. The third-order valence-corrected chi connectivity index (χ3v) is 3.18. The molecular formula is C14H22FNO. The highest BCUT2D eigenvalue weighted by molar-refractivity contribution is 5.18. The predicted molar refractivity (Wildman–Crippen MR) is 68.2 cm³/mol. The molecule has 17 heavy (non-hydrogen) atoms. The van der Waals surface area contributed by atoms with Crippen molar-refractivity contribution in [2.45, 2.75) is 26.9 Å². The van der Waals surface area contributed by atoms with Gasteiger partial charge in [-0.1, -0.05) is 32.9 Å². The third-order valence-electron chi connectivity index (χ3n) is 3.18. The van der Waals surface area contributed by atoms with Gasteiger partial charge in [0.25, 0.3) is 0 Å². The van der Waals surface area contributed by atoms with E-state index >= 15 is 0 Å². The van der Waals surface area contributed by atoms with Crippen molar-refractivity contribution < 1.29 is 9.50 Å². The first-order chi connectivity index (χ1) is 8.00. The van der Waals surface area contributed by atoms with Crippen LogP contribution in [0.4, 0.5) is 4.39 Å². The van der Waals surface area contributed by atoms with Crippen molar-refractivity contribution in [1.29, 1.82) is 0 Å². The van der Waals surface area contributed by atoms with Gasteiger partial charge in [-0.15, -0.1) is 0 Å². The van der Waals surface area contributed by atoms with Crippen LogP contribution in [0.15, 0.2) is 24.3 Å². The second-order valence-electron chi connectivity index (χ2n) is 4.95. The van der Waals surface area contributed by atoms with Gasteiger partial charge in [-0.2, -0.15) is 0 Å². The van der Waals surface area contributed by atoms with Gasteiger partial charge in [0.2, 0.25) is 0 Å². The first kappa shape index (κ1) is 14.1. The average Bonchev–Trinajstić information content (AvgIpc) is 2.28. The first-order valence-electron chi connectivity index (χ1n) is 6.15. The van der Waals surface area contributed by atoms with Crippen molar-refractivity contribution >= 4 is 0 Å². The van der Waals surface area contributed by atoms with E-state index in [-0.39, 0.29) is 5.82 Å². The molecule has 0 aliphatic rings. The largest absolute Gasteiger partial charge is 0.387 e. The van der Waals surface area contributed by atoms with Gasteiger partial charge in [0.15, 0.2) is 0 Å². The van der Waals surface area contributed by atoms with Gasteiger partial charge in [-0.25, -0.2) is 4.39 Å². The molecule has 2 atom stereocenters. The molecular weight excluding hydrogens is 217 g/mol. The van der Waals surface area contributed by atoms with Crippen molar-refractivity contribution in [2.24, 2.45) is 11.8 Å². The van der Waals surface area contributed by atoms with Crippen molar-refractivity contribution in [2.75, 3.05) is 13.1 Å². The second-order valence-corrected chi connectivity index (χ2v) is 4.95. The highest BCUT2D eigenvalue weighted by Gasteiger charge is 2.10. The van der Waals surface area contributed by atoms with E-state index in [1.807, 2.05) is 0 Å². The Morgan fingerprint density at radius 1 is 1.24 bits per heavy atom. The Hall–Kier alpha value is -0.930. The summed E-state index contributed by atoms with van der Waals surface area (Å²) in [6.45, 7) is 7.85. The molecule has 3 heteroatoms. The Morgan fingerprint density at radius 3 is 2.53 bits per heavy atom. The number of rotatable bonds is 6. The fourth-order valence-electron chi connectivity index (χ4n) is 1.52. The van der Waals surface area contributed by atoms with Crippen molar-refractivity contribution in [3.05, 3.63) is 35.6 Å². The number of aliphatic hydroxyl groups excluding tert-OH is 1. The molecule has 2 N–H and O–H groups in total. The Bertz CT molecular complexity index is 341. The van der Waals surface area contributed by atoms with E-state index in [0.29, 0.717) is 23.9 Å². The highest BCUT2D eigenvalue weighted by Crippen LogP contribution is 2.13. The van der Waals surface area contributed by atoms with Gasteiger partial charge in [-0.05, 0) is 36.1 Å². The van der Waals surface area contributed by atoms with Gasteiger partial charge < -0.3 is 10.4 Å². The van der Waals surface area contributed by atoms with Crippen LogP contribution in [0.25, 0.3) is 0 Å². The van der Waals surface area contributed by atoms with E-state index in [2.05, 4.69) is 26.1 Å². The molecule has 0 radical (unpaired) electrons. The van der Waals surface area contributed by atoms with Gasteiger partial charge in [0.05, 0.1) is 6.10 Å². The lowest BCUT2D eigenvalue weighted by atomic mass is 9.98. The van der Waals surface area contributed by atoms with E-state index < -0.39 is 6.10 Å². The van der Waals surface area contributed by atoms with Crippen LogP contribution in [0, 0.1) is 17.7 Å². The summed E-state index contributed by atoms with van der Waals surface area (Å²) in [5.74, 6) is 0.876. The summed E-state index contributed by atoms with van der Waals surface area (Å²) in [5.41, 5.74) is 0.620. The van der Waals surface area contributed by atoms with Crippen LogP contribution in [0.2, 0.25) is 0 Å². The number of nitrogens with one attached hydrogen (secondary N) is 1. The van der Waals surface area contributed by atoms with E-state index in [1.165, 1.54) is 12.1 Å². The molecule has 1 aromatic carbocycles. The summed E-state index contributed by atoms with van der Waals surface area (Å²) >= 11 is 0. The van der Waals surface area contributed by atoms with E-state index in [1.54, 1.807) is 12.1 Å². The molecule has 0 aromatic heterocycles. The molecule has 96 valence electrons. The Balaban J connectivity index is 2.37. The summed E-state index contributed by atoms with van der Waals surface area (Å²) in [5, 5.41) is 13.1. The molecule has 0 saturated carbocycles. The lowest BCUT2D eigenvalue weighted by Crippen LogP contribution is -2.28. The fraction of sp³-hybridized carbons (Fsp3) is 0.571. The molecule has 0 amide bonds. The molecule has 1 aromatic rings. The maximum absolute atomic E-state index is 13.0. The van der Waals surface area contributed by atoms with Gasteiger partial charge in [0.1, 0.15) is 5.82 Å². The maximum Gasteiger partial charge on any atom is 0.123 e. The first-order valence-corrected chi connectivity index (χ1v) is 6.15. The Labute approximate surface area is 103 Å².